The molecule has 0 atom stereocenters. The number of anilines is 2. The number of aromatic carboxylic acids is 1. The molecule has 0 radical (unpaired) electrons. The van der Waals surface area contributed by atoms with Gasteiger partial charge in [-0.2, -0.15) is 0 Å². The maximum Gasteiger partial charge on any atom is 0.335 e. The smallest absolute Gasteiger partial charge is 0.335 e. The number of carboxylic acids is 1. The highest BCUT2D eigenvalue weighted by molar-refractivity contribution is 5.90. The number of ether oxygens (including phenoxy) is 1. The van der Waals surface area contributed by atoms with E-state index in [-0.39, 0.29) is 5.56 Å². The molecule has 2 saturated heterocycles. The molecule has 0 spiro atoms. The van der Waals surface area contributed by atoms with Crippen LogP contribution in [0.15, 0.2) is 30.5 Å². The fourth-order valence-corrected chi connectivity index (χ4v) is 3.56. The number of nitrogens with one attached hydrogen (secondary N) is 2. The fourth-order valence-electron chi connectivity index (χ4n) is 3.56. The molecule has 0 unspecified atom stereocenters. The molecule has 0 amide bonds. The molecule has 0 saturated carbocycles. The van der Waals surface area contributed by atoms with Gasteiger partial charge in [0.25, 0.3) is 0 Å². The predicted octanol–water partition coefficient (Wildman–Crippen LogP) is 1.84. The number of carbonyl (C=O) groups is 1. The number of hydrogen-bond acceptors (Lipinski definition) is 7. The Balaban J connectivity index is 1.62. The Labute approximate surface area is 163 Å². The third-order valence-electron chi connectivity index (χ3n) is 5.13. The van der Waals surface area contributed by atoms with Crippen LogP contribution in [0.4, 0.5) is 11.6 Å². The lowest BCUT2D eigenvalue weighted by Crippen LogP contribution is -2.44. The van der Waals surface area contributed by atoms with Crippen molar-refractivity contribution in [2.75, 3.05) is 49.6 Å². The second kappa shape index (κ2) is 8.53. The molecule has 0 aromatic carbocycles. The molecular formula is C20H25N5O3. The van der Waals surface area contributed by atoms with E-state index in [1.54, 1.807) is 18.3 Å². The molecular weight excluding hydrogens is 358 g/mol. The highest BCUT2D eigenvalue weighted by Crippen LogP contribution is 2.25. The summed E-state index contributed by atoms with van der Waals surface area (Å²) in [7, 11) is 0. The average molecular weight is 383 g/mol. The van der Waals surface area contributed by atoms with Crippen molar-refractivity contribution in [2.24, 2.45) is 0 Å². The van der Waals surface area contributed by atoms with Crippen LogP contribution in [0.5, 0.6) is 0 Å². The molecule has 8 nitrogen and oxygen atoms in total. The quantitative estimate of drug-likeness (QED) is 0.719. The van der Waals surface area contributed by atoms with E-state index in [1.807, 2.05) is 12.1 Å². The van der Waals surface area contributed by atoms with Gasteiger partial charge in [0.15, 0.2) is 0 Å². The van der Waals surface area contributed by atoms with Gasteiger partial charge in [0.2, 0.25) is 0 Å². The van der Waals surface area contributed by atoms with Crippen LogP contribution in [0.2, 0.25) is 0 Å². The van der Waals surface area contributed by atoms with Crippen molar-refractivity contribution in [1.29, 1.82) is 0 Å². The fraction of sp³-hybridized carbons (Fsp3) is 0.450. The van der Waals surface area contributed by atoms with Crippen molar-refractivity contribution in [1.82, 2.24) is 15.3 Å². The summed E-state index contributed by atoms with van der Waals surface area (Å²) in [6, 6.07) is 7.42. The van der Waals surface area contributed by atoms with Gasteiger partial charge in [-0.25, -0.2) is 14.8 Å². The van der Waals surface area contributed by atoms with Crippen LogP contribution in [-0.4, -0.2) is 66.5 Å². The van der Waals surface area contributed by atoms with E-state index in [1.165, 1.54) is 0 Å². The summed E-state index contributed by atoms with van der Waals surface area (Å²) in [4.78, 5) is 22.9. The first-order valence-electron chi connectivity index (χ1n) is 9.71. The minimum absolute atomic E-state index is 0.245. The number of hydrogen-bond donors (Lipinski definition) is 3. The van der Waals surface area contributed by atoms with E-state index in [0.717, 1.165) is 63.6 Å². The van der Waals surface area contributed by atoms with Crippen molar-refractivity contribution >= 4 is 17.6 Å². The highest BCUT2D eigenvalue weighted by Gasteiger charge is 2.18. The topological polar surface area (TPSA) is 99.6 Å². The Hall–Kier alpha value is -2.71. The minimum Gasteiger partial charge on any atom is -0.478 e. The van der Waals surface area contributed by atoms with Crippen molar-refractivity contribution < 1.29 is 14.6 Å². The minimum atomic E-state index is -0.949. The maximum absolute atomic E-state index is 11.7. The second-order valence-electron chi connectivity index (χ2n) is 7.10. The summed E-state index contributed by atoms with van der Waals surface area (Å²) in [5.41, 5.74) is 1.74. The van der Waals surface area contributed by atoms with Crippen LogP contribution < -0.4 is 15.5 Å². The molecule has 3 N–H and O–H groups in total. The first kappa shape index (κ1) is 18.6. The second-order valence-corrected chi connectivity index (χ2v) is 7.10. The number of aromatic nitrogens is 2. The van der Waals surface area contributed by atoms with Crippen LogP contribution in [0.25, 0.3) is 11.3 Å². The van der Waals surface area contributed by atoms with Crippen molar-refractivity contribution in [3.05, 3.63) is 36.0 Å². The van der Waals surface area contributed by atoms with Crippen molar-refractivity contribution in [3.8, 4) is 11.3 Å². The van der Waals surface area contributed by atoms with Crippen LogP contribution >= 0.6 is 0 Å². The molecule has 4 heterocycles. The Kier molecular flexibility index (Phi) is 5.68. The van der Waals surface area contributed by atoms with E-state index >= 15 is 0 Å². The number of pyridine rings is 2. The van der Waals surface area contributed by atoms with Crippen LogP contribution in [0.3, 0.4) is 0 Å². The predicted molar refractivity (Wildman–Crippen MR) is 107 cm³/mol. The van der Waals surface area contributed by atoms with Crippen molar-refractivity contribution in [3.63, 3.8) is 0 Å². The molecule has 2 fully saturated rings. The summed E-state index contributed by atoms with van der Waals surface area (Å²) in [5, 5.41) is 16.3. The van der Waals surface area contributed by atoms with Crippen LogP contribution in [0.1, 0.15) is 23.2 Å². The Morgan fingerprint density at radius 1 is 1.21 bits per heavy atom. The zero-order valence-electron chi connectivity index (χ0n) is 15.7. The lowest BCUT2D eigenvalue weighted by atomic mass is 10.1. The first-order chi connectivity index (χ1) is 13.7. The summed E-state index contributed by atoms with van der Waals surface area (Å²) in [6.07, 6.45) is 3.63. The number of rotatable bonds is 5. The third kappa shape index (κ3) is 4.40. The van der Waals surface area contributed by atoms with Gasteiger partial charge in [-0.3, -0.25) is 0 Å². The van der Waals surface area contributed by atoms with Gasteiger partial charge in [-0.05, 0) is 37.1 Å². The number of piperazine rings is 1. The molecule has 8 heteroatoms. The summed E-state index contributed by atoms with van der Waals surface area (Å²) in [5.74, 6) is 0.525. The Bertz CT molecular complexity index is 832. The monoisotopic (exact) mass is 383 g/mol. The highest BCUT2D eigenvalue weighted by atomic mass is 16.5. The van der Waals surface area contributed by atoms with Gasteiger partial charge < -0.3 is 25.4 Å². The molecule has 0 bridgehead atoms. The Morgan fingerprint density at radius 3 is 2.75 bits per heavy atom. The van der Waals surface area contributed by atoms with E-state index in [2.05, 4.69) is 20.5 Å². The van der Waals surface area contributed by atoms with Crippen LogP contribution in [-0.2, 0) is 4.74 Å². The zero-order valence-corrected chi connectivity index (χ0v) is 15.7. The lowest BCUT2D eigenvalue weighted by molar-refractivity contribution is 0.0696. The summed E-state index contributed by atoms with van der Waals surface area (Å²) >= 11 is 0. The van der Waals surface area contributed by atoms with Gasteiger partial charge in [0, 0.05) is 57.2 Å². The third-order valence-corrected chi connectivity index (χ3v) is 5.13. The van der Waals surface area contributed by atoms with E-state index in [4.69, 9.17) is 9.72 Å². The van der Waals surface area contributed by atoms with Gasteiger partial charge in [0.1, 0.15) is 11.6 Å². The molecule has 148 valence electrons. The normalized spacial score (nSPS) is 18.1. The molecule has 4 rings (SSSR count). The molecule has 2 aromatic rings. The molecule has 0 aliphatic carbocycles. The van der Waals surface area contributed by atoms with Gasteiger partial charge in [-0.1, -0.05) is 0 Å². The number of nitrogens with zero attached hydrogens (tertiary/aromatic N) is 3. The van der Waals surface area contributed by atoms with Gasteiger partial charge >= 0.3 is 5.97 Å². The first-order valence-corrected chi connectivity index (χ1v) is 9.71. The van der Waals surface area contributed by atoms with E-state index in [0.29, 0.717) is 17.6 Å². The molecule has 2 aliphatic heterocycles. The standard InChI is InChI=1S/C20H25N5O3/c26-20(27)15-11-17(24-19(13-15)25-7-5-21-6-8-25)14-1-4-22-18(12-14)23-16-2-9-28-10-3-16/h1,4,11-13,16,21H,2-3,5-10H2,(H,22,23)(H,26,27). The molecule has 2 aromatic heterocycles. The largest absolute Gasteiger partial charge is 0.478 e. The Morgan fingerprint density at radius 2 is 2.00 bits per heavy atom. The summed E-state index contributed by atoms with van der Waals surface area (Å²) in [6.45, 7) is 4.86. The summed E-state index contributed by atoms with van der Waals surface area (Å²) < 4.78 is 5.40. The zero-order chi connectivity index (χ0) is 19.3. The van der Waals surface area contributed by atoms with E-state index < -0.39 is 5.97 Å². The SMILES string of the molecule is O=C(O)c1cc(-c2ccnc(NC3CCOCC3)c2)nc(N2CCNCC2)c1. The van der Waals surface area contributed by atoms with Gasteiger partial charge in [-0.15, -0.1) is 0 Å². The lowest BCUT2D eigenvalue weighted by Gasteiger charge is -2.29. The van der Waals surface area contributed by atoms with Crippen molar-refractivity contribution in [2.45, 2.75) is 18.9 Å². The maximum atomic E-state index is 11.7. The van der Waals surface area contributed by atoms with E-state index in [9.17, 15) is 9.90 Å². The average Bonchev–Trinajstić information content (AvgIpc) is 2.75. The van der Waals surface area contributed by atoms with Crippen LogP contribution in [0, 0.1) is 0 Å². The van der Waals surface area contributed by atoms with Gasteiger partial charge in [0.05, 0.1) is 11.3 Å². The molecule has 28 heavy (non-hydrogen) atoms. The number of carboxylic acid groups (broad SMARTS) is 1. The molecule has 2 aliphatic rings.